The maximum absolute atomic E-state index is 12.8. The Hall–Kier alpha value is -1.92. The number of aromatic nitrogens is 2. The van der Waals surface area contributed by atoms with Crippen molar-refractivity contribution in [2.24, 2.45) is 0 Å². The number of aryl methyl sites for hydroxylation is 1. The summed E-state index contributed by atoms with van der Waals surface area (Å²) in [7, 11) is 0. The van der Waals surface area contributed by atoms with E-state index in [-0.39, 0.29) is 5.91 Å². The second kappa shape index (κ2) is 6.42. The predicted molar refractivity (Wildman–Crippen MR) is 105 cm³/mol. The third kappa shape index (κ3) is 3.16. The fraction of sp³-hybridized carbons (Fsp3) is 0.316. The van der Waals surface area contributed by atoms with E-state index in [9.17, 15) is 4.79 Å². The lowest BCUT2D eigenvalue weighted by atomic mass is 10.2. The lowest BCUT2D eigenvalue weighted by Crippen LogP contribution is -2.27. The number of amides is 1. The molecular formula is C19H19N3OS2. The van der Waals surface area contributed by atoms with Crippen LogP contribution in [0.25, 0.3) is 6.08 Å². The SMILES string of the molecule is Cc1cc(/C=C2\SC(=S)N(Cc3cccnc3)C2=O)c(C)n1C1CC1. The van der Waals surface area contributed by atoms with E-state index >= 15 is 0 Å². The number of pyridine rings is 1. The number of carbonyl (C=O) groups is 1. The van der Waals surface area contributed by atoms with Gasteiger partial charge in [0.25, 0.3) is 5.91 Å². The van der Waals surface area contributed by atoms with Crippen molar-refractivity contribution in [3.05, 3.63) is 58.0 Å². The monoisotopic (exact) mass is 369 g/mol. The first-order valence-corrected chi connectivity index (χ1v) is 9.60. The minimum absolute atomic E-state index is 0.0184. The smallest absolute Gasteiger partial charge is 0.266 e. The van der Waals surface area contributed by atoms with Crippen LogP contribution >= 0.6 is 24.0 Å². The Balaban J connectivity index is 1.59. The standard InChI is InChI=1S/C19H19N3OS2/c1-12-8-15(13(2)22(12)16-5-6-16)9-17-18(23)21(19(24)25-17)11-14-4-3-7-20-10-14/h3-4,7-10,16H,5-6,11H2,1-2H3/b17-9-. The van der Waals surface area contributed by atoms with Crippen LogP contribution in [0.5, 0.6) is 0 Å². The summed E-state index contributed by atoms with van der Waals surface area (Å²) in [5.41, 5.74) is 4.59. The Bertz CT molecular complexity index is 882. The number of thioether (sulfide) groups is 1. The van der Waals surface area contributed by atoms with Gasteiger partial charge in [0.05, 0.1) is 11.4 Å². The largest absolute Gasteiger partial charge is 0.346 e. The van der Waals surface area contributed by atoms with E-state index < -0.39 is 0 Å². The van der Waals surface area contributed by atoms with Crippen LogP contribution in [0.1, 0.15) is 41.4 Å². The zero-order chi connectivity index (χ0) is 17.6. The molecule has 0 N–H and O–H groups in total. The molecule has 0 radical (unpaired) electrons. The quantitative estimate of drug-likeness (QED) is 0.597. The summed E-state index contributed by atoms with van der Waals surface area (Å²) in [4.78, 5) is 19.3. The summed E-state index contributed by atoms with van der Waals surface area (Å²) in [6.45, 7) is 4.74. The molecule has 0 spiro atoms. The maximum atomic E-state index is 12.8. The van der Waals surface area contributed by atoms with Gasteiger partial charge in [0, 0.05) is 29.8 Å². The highest BCUT2D eigenvalue weighted by molar-refractivity contribution is 8.26. The van der Waals surface area contributed by atoms with Gasteiger partial charge in [-0.25, -0.2) is 0 Å². The van der Waals surface area contributed by atoms with Crippen LogP contribution < -0.4 is 0 Å². The molecule has 4 nitrogen and oxygen atoms in total. The molecule has 2 fully saturated rings. The average Bonchev–Trinajstić information content (AvgIpc) is 3.34. The first kappa shape index (κ1) is 16.5. The van der Waals surface area contributed by atoms with Crippen LogP contribution in [0, 0.1) is 13.8 Å². The molecule has 1 saturated heterocycles. The molecule has 1 aliphatic heterocycles. The number of carbonyl (C=O) groups excluding carboxylic acids is 1. The molecule has 128 valence electrons. The van der Waals surface area contributed by atoms with Gasteiger partial charge in [-0.15, -0.1) is 0 Å². The molecule has 25 heavy (non-hydrogen) atoms. The van der Waals surface area contributed by atoms with E-state index in [2.05, 4.69) is 29.5 Å². The summed E-state index contributed by atoms with van der Waals surface area (Å²) in [5, 5.41) is 0. The first-order valence-electron chi connectivity index (χ1n) is 8.37. The van der Waals surface area contributed by atoms with Crippen molar-refractivity contribution in [2.45, 2.75) is 39.3 Å². The van der Waals surface area contributed by atoms with Crippen LogP contribution in [0.4, 0.5) is 0 Å². The summed E-state index contributed by atoms with van der Waals surface area (Å²) in [5.74, 6) is -0.0184. The van der Waals surface area contributed by atoms with Gasteiger partial charge >= 0.3 is 0 Å². The molecule has 0 unspecified atom stereocenters. The van der Waals surface area contributed by atoms with Crippen LogP contribution in [-0.2, 0) is 11.3 Å². The molecule has 1 aliphatic carbocycles. The zero-order valence-corrected chi connectivity index (χ0v) is 15.9. The molecule has 6 heteroatoms. The molecule has 0 aromatic carbocycles. The van der Waals surface area contributed by atoms with Crippen LogP contribution in [0.15, 0.2) is 35.5 Å². The fourth-order valence-electron chi connectivity index (χ4n) is 3.30. The molecule has 2 aromatic heterocycles. The van der Waals surface area contributed by atoms with Crippen molar-refractivity contribution >= 4 is 40.3 Å². The van der Waals surface area contributed by atoms with Gasteiger partial charge in [0.15, 0.2) is 0 Å². The summed E-state index contributed by atoms with van der Waals surface area (Å²) in [6.07, 6.45) is 7.99. The number of rotatable bonds is 4. The van der Waals surface area contributed by atoms with E-state index in [0.29, 0.717) is 21.8 Å². The van der Waals surface area contributed by atoms with Crippen molar-refractivity contribution in [1.82, 2.24) is 14.5 Å². The average molecular weight is 370 g/mol. The van der Waals surface area contributed by atoms with E-state index in [1.807, 2.05) is 18.2 Å². The Kier molecular flexibility index (Phi) is 4.25. The molecule has 2 aliphatic rings. The second-order valence-electron chi connectivity index (χ2n) is 6.56. The molecule has 1 amide bonds. The van der Waals surface area contributed by atoms with E-state index in [0.717, 1.165) is 11.1 Å². The molecule has 3 heterocycles. The summed E-state index contributed by atoms with van der Waals surface area (Å²) >= 11 is 6.81. The number of hydrogen-bond acceptors (Lipinski definition) is 4. The van der Waals surface area contributed by atoms with Crippen molar-refractivity contribution in [2.75, 3.05) is 0 Å². The summed E-state index contributed by atoms with van der Waals surface area (Å²) < 4.78 is 3.00. The van der Waals surface area contributed by atoms with Gasteiger partial charge < -0.3 is 4.57 Å². The predicted octanol–water partition coefficient (Wildman–Crippen LogP) is 4.24. The maximum Gasteiger partial charge on any atom is 0.266 e. The third-order valence-corrected chi connectivity index (χ3v) is 6.04. The second-order valence-corrected chi connectivity index (χ2v) is 8.23. The molecule has 0 bridgehead atoms. The molecule has 2 aromatic rings. The Labute approximate surface area is 156 Å². The molecule has 4 rings (SSSR count). The molecule has 1 saturated carbocycles. The Morgan fingerprint density at radius 2 is 2.20 bits per heavy atom. The van der Waals surface area contributed by atoms with Crippen molar-refractivity contribution in [1.29, 1.82) is 0 Å². The van der Waals surface area contributed by atoms with Crippen molar-refractivity contribution in [3.8, 4) is 0 Å². The number of nitrogens with zero attached hydrogens (tertiary/aromatic N) is 3. The summed E-state index contributed by atoms with van der Waals surface area (Å²) in [6, 6.07) is 6.64. The Morgan fingerprint density at radius 1 is 1.40 bits per heavy atom. The van der Waals surface area contributed by atoms with Gasteiger partial charge in [0.2, 0.25) is 0 Å². The van der Waals surface area contributed by atoms with Gasteiger partial charge in [0.1, 0.15) is 4.32 Å². The van der Waals surface area contributed by atoms with Gasteiger partial charge in [-0.05, 0) is 56.0 Å². The number of hydrogen-bond donors (Lipinski definition) is 0. The lowest BCUT2D eigenvalue weighted by Gasteiger charge is -2.13. The molecule has 0 atom stereocenters. The normalized spacial score (nSPS) is 19.3. The van der Waals surface area contributed by atoms with Gasteiger partial charge in [-0.3, -0.25) is 14.7 Å². The lowest BCUT2D eigenvalue weighted by molar-refractivity contribution is -0.122. The minimum atomic E-state index is -0.0184. The van der Waals surface area contributed by atoms with Crippen LogP contribution in [0.2, 0.25) is 0 Å². The highest BCUT2D eigenvalue weighted by atomic mass is 32.2. The van der Waals surface area contributed by atoms with Crippen LogP contribution in [-0.4, -0.2) is 24.7 Å². The minimum Gasteiger partial charge on any atom is -0.346 e. The van der Waals surface area contributed by atoms with Crippen LogP contribution in [0.3, 0.4) is 0 Å². The fourth-order valence-corrected chi connectivity index (χ4v) is 4.54. The topological polar surface area (TPSA) is 38.1 Å². The van der Waals surface area contributed by atoms with E-state index in [4.69, 9.17) is 12.2 Å². The van der Waals surface area contributed by atoms with Gasteiger partial charge in [-0.2, -0.15) is 0 Å². The Morgan fingerprint density at radius 3 is 2.88 bits per heavy atom. The van der Waals surface area contributed by atoms with Gasteiger partial charge in [-0.1, -0.05) is 30.0 Å². The number of thiocarbonyl (C=S) groups is 1. The van der Waals surface area contributed by atoms with Crippen molar-refractivity contribution in [3.63, 3.8) is 0 Å². The van der Waals surface area contributed by atoms with E-state index in [1.165, 1.54) is 36.0 Å². The highest BCUT2D eigenvalue weighted by Gasteiger charge is 2.33. The van der Waals surface area contributed by atoms with E-state index in [1.54, 1.807) is 17.3 Å². The first-order chi connectivity index (χ1) is 12.0. The van der Waals surface area contributed by atoms with Crippen molar-refractivity contribution < 1.29 is 4.79 Å². The zero-order valence-electron chi connectivity index (χ0n) is 14.2. The molecular weight excluding hydrogens is 350 g/mol. The third-order valence-electron chi connectivity index (χ3n) is 4.66. The highest BCUT2D eigenvalue weighted by Crippen LogP contribution is 2.40.